The summed E-state index contributed by atoms with van der Waals surface area (Å²) in [7, 11) is 1.51. The zero-order chi connectivity index (χ0) is 14.8. The highest BCUT2D eigenvalue weighted by molar-refractivity contribution is 8.13. The van der Waals surface area contributed by atoms with Crippen molar-refractivity contribution in [2.75, 3.05) is 0 Å². The minimum atomic E-state index is -3.83. The molecule has 1 aromatic carbocycles. The van der Waals surface area contributed by atoms with Gasteiger partial charge in [0.05, 0.1) is 4.90 Å². The maximum atomic E-state index is 11.4. The Morgan fingerprint density at radius 1 is 1.37 bits per heavy atom. The summed E-state index contributed by atoms with van der Waals surface area (Å²) in [6.07, 6.45) is -0.652. The Kier molecular flexibility index (Phi) is 4.81. The lowest BCUT2D eigenvalue weighted by Crippen LogP contribution is -2.26. The third-order valence-electron chi connectivity index (χ3n) is 2.60. The van der Waals surface area contributed by atoms with E-state index in [1.165, 1.54) is 12.1 Å². The third-order valence-corrected chi connectivity index (χ3v) is 4.20. The van der Waals surface area contributed by atoms with Crippen LogP contribution in [0.4, 0.5) is 0 Å². The highest BCUT2D eigenvalue weighted by Gasteiger charge is 2.21. The monoisotopic (exact) mass is 306 g/mol. The van der Waals surface area contributed by atoms with E-state index >= 15 is 0 Å². The van der Waals surface area contributed by atoms with Crippen LogP contribution in [-0.2, 0) is 13.8 Å². The van der Waals surface area contributed by atoms with Crippen LogP contribution in [0, 0.1) is 13.8 Å². The van der Waals surface area contributed by atoms with Crippen LogP contribution in [-0.4, -0.2) is 25.6 Å². The zero-order valence-corrected chi connectivity index (χ0v) is 12.4. The fraction of sp³-hybridized carbons (Fsp3) is 0.417. The van der Waals surface area contributed by atoms with Crippen molar-refractivity contribution in [1.82, 2.24) is 0 Å². The van der Waals surface area contributed by atoms with Crippen LogP contribution in [0.25, 0.3) is 0 Å². The molecule has 19 heavy (non-hydrogen) atoms. The first-order chi connectivity index (χ1) is 8.66. The molecule has 0 aliphatic rings. The van der Waals surface area contributed by atoms with Crippen molar-refractivity contribution < 1.29 is 23.1 Å². The molecule has 0 radical (unpaired) electrons. The van der Waals surface area contributed by atoms with Crippen molar-refractivity contribution in [3.05, 3.63) is 23.3 Å². The first-order valence-electron chi connectivity index (χ1n) is 5.62. The number of hydrogen-bond donors (Lipinski definition) is 1. The van der Waals surface area contributed by atoms with E-state index in [1.807, 2.05) is 0 Å². The Morgan fingerprint density at radius 3 is 2.16 bits per heavy atom. The number of carbonyl (C=O) groups is 1. The van der Waals surface area contributed by atoms with E-state index < -0.39 is 21.1 Å². The Balaban J connectivity index is 3.19. The van der Waals surface area contributed by atoms with Gasteiger partial charge in [0.15, 0.2) is 6.10 Å². The van der Waals surface area contributed by atoms with E-state index in [-0.39, 0.29) is 4.90 Å². The van der Waals surface area contributed by atoms with Gasteiger partial charge < -0.3 is 9.84 Å². The second-order valence-corrected chi connectivity index (χ2v) is 6.68. The average molecular weight is 307 g/mol. The largest absolute Gasteiger partial charge is 0.479 e. The number of rotatable bonds is 5. The smallest absolute Gasteiger partial charge is 0.344 e. The molecular formula is C12H15ClO5S. The number of carboxylic acid groups (broad SMARTS) is 1. The quantitative estimate of drug-likeness (QED) is 0.845. The first kappa shape index (κ1) is 15.8. The molecule has 5 nitrogen and oxygen atoms in total. The predicted molar refractivity (Wildman–Crippen MR) is 71.3 cm³/mol. The van der Waals surface area contributed by atoms with Crippen LogP contribution in [0.15, 0.2) is 17.0 Å². The second-order valence-electron chi connectivity index (χ2n) is 4.18. The van der Waals surface area contributed by atoms with Gasteiger partial charge in [-0.3, -0.25) is 0 Å². The molecule has 0 fully saturated rings. The Bertz CT molecular complexity index is 571. The van der Waals surface area contributed by atoms with Gasteiger partial charge >= 0.3 is 5.97 Å². The minimum Gasteiger partial charge on any atom is -0.479 e. The molecule has 0 saturated heterocycles. The SMILES string of the molecule is CCC(Oc1cc(C)c(S(=O)(=O)Cl)c(C)c1)C(=O)O. The molecule has 0 spiro atoms. The number of halogens is 1. The van der Waals surface area contributed by atoms with Crippen LogP contribution in [0.5, 0.6) is 5.75 Å². The van der Waals surface area contributed by atoms with E-state index in [1.54, 1.807) is 20.8 Å². The Labute approximate surface area is 116 Å². The maximum absolute atomic E-state index is 11.4. The van der Waals surface area contributed by atoms with Crippen molar-refractivity contribution >= 4 is 25.7 Å². The highest BCUT2D eigenvalue weighted by atomic mass is 35.7. The Hall–Kier alpha value is -1.27. The number of aliphatic carboxylic acids is 1. The van der Waals surface area contributed by atoms with E-state index in [2.05, 4.69) is 0 Å². The molecule has 0 amide bonds. The summed E-state index contributed by atoms with van der Waals surface area (Å²) in [6.45, 7) is 4.85. The van der Waals surface area contributed by atoms with Crippen molar-refractivity contribution in [2.24, 2.45) is 0 Å². The molecule has 0 saturated carbocycles. The van der Waals surface area contributed by atoms with Gasteiger partial charge in [-0.05, 0) is 43.5 Å². The van der Waals surface area contributed by atoms with Crippen molar-refractivity contribution in [3.8, 4) is 5.75 Å². The lowest BCUT2D eigenvalue weighted by atomic mass is 10.1. The topological polar surface area (TPSA) is 80.7 Å². The molecule has 0 aromatic heterocycles. The molecule has 0 aliphatic heterocycles. The molecule has 1 unspecified atom stereocenters. The van der Waals surface area contributed by atoms with Gasteiger partial charge in [-0.2, -0.15) is 0 Å². The fourth-order valence-electron chi connectivity index (χ4n) is 1.84. The van der Waals surface area contributed by atoms with Crippen LogP contribution in [0.3, 0.4) is 0 Å². The minimum absolute atomic E-state index is 0.0323. The van der Waals surface area contributed by atoms with Crippen LogP contribution < -0.4 is 4.74 Å². The summed E-state index contributed by atoms with van der Waals surface area (Å²) in [5.41, 5.74) is 0.843. The average Bonchev–Trinajstić information content (AvgIpc) is 2.22. The van der Waals surface area contributed by atoms with Gasteiger partial charge in [-0.25, -0.2) is 13.2 Å². The normalized spacial score (nSPS) is 13.1. The summed E-state index contributed by atoms with van der Waals surface area (Å²) in [5, 5.41) is 8.92. The van der Waals surface area contributed by atoms with Crippen LogP contribution >= 0.6 is 10.7 Å². The zero-order valence-electron chi connectivity index (χ0n) is 10.8. The molecule has 0 heterocycles. The molecule has 7 heteroatoms. The van der Waals surface area contributed by atoms with E-state index in [0.29, 0.717) is 23.3 Å². The molecule has 1 N–H and O–H groups in total. The molecule has 1 rings (SSSR count). The van der Waals surface area contributed by atoms with Gasteiger partial charge in [0, 0.05) is 10.7 Å². The third kappa shape index (κ3) is 3.84. The number of benzene rings is 1. The summed E-state index contributed by atoms with van der Waals surface area (Å²) in [6, 6.07) is 2.93. The van der Waals surface area contributed by atoms with Crippen molar-refractivity contribution in [1.29, 1.82) is 0 Å². The molecule has 1 atom stereocenters. The standard InChI is InChI=1S/C12H15ClO5S/c1-4-10(12(14)15)18-9-5-7(2)11(8(3)6-9)19(13,16)17/h5-6,10H,4H2,1-3H3,(H,14,15). The summed E-state index contributed by atoms with van der Waals surface area (Å²) in [5.74, 6) is -0.750. The maximum Gasteiger partial charge on any atom is 0.344 e. The molecular weight excluding hydrogens is 292 g/mol. The van der Waals surface area contributed by atoms with Gasteiger partial charge in [0.1, 0.15) is 5.75 Å². The molecule has 0 aliphatic carbocycles. The van der Waals surface area contributed by atoms with Crippen LogP contribution in [0.2, 0.25) is 0 Å². The lowest BCUT2D eigenvalue weighted by molar-refractivity contribution is -0.145. The highest BCUT2D eigenvalue weighted by Crippen LogP contribution is 2.28. The summed E-state index contributed by atoms with van der Waals surface area (Å²) < 4.78 is 28.1. The number of aryl methyl sites for hydroxylation is 2. The van der Waals surface area contributed by atoms with Gasteiger partial charge in [0.25, 0.3) is 9.05 Å². The predicted octanol–water partition coefficient (Wildman–Crippen LogP) is 2.47. The molecule has 0 bridgehead atoms. The van der Waals surface area contributed by atoms with E-state index in [4.69, 9.17) is 20.5 Å². The lowest BCUT2D eigenvalue weighted by Gasteiger charge is -2.15. The molecule has 106 valence electrons. The first-order valence-corrected chi connectivity index (χ1v) is 7.93. The fourth-order valence-corrected chi connectivity index (χ4v) is 3.45. The second kappa shape index (κ2) is 5.79. The Morgan fingerprint density at radius 2 is 1.84 bits per heavy atom. The summed E-state index contributed by atoms with van der Waals surface area (Å²) >= 11 is 0. The van der Waals surface area contributed by atoms with E-state index in [0.717, 1.165) is 0 Å². The van der Waals surface area contributed by atoms with Crippen LogP contribution in [0.1, 0.15) is 24.5 Å². The van der Waals surface area contributed by atoms with Gasteiger partial charge in [-0.15, -0.1) is 0 Å². The van der Waals surface area contributed by atoms with Gasteiger partial charge in [0.2, 0.25) is 0 Å². The van der Waals surface area contributed by atoms with Crippen molar-refractivity contribution in [3.63, 3.8) is 0 Å². The van der Waals surface area contributed by atoms with Crippen molar-refractivity contribution in [2.45, 2.75) is 38.2 Å². The number of ether oxygens (including phenoxy) is 1. The number of carboxylic acids is 1. The number of hydrogen-bond acceptors (Lipinski definition) is 4. The molecule has 1 aromatic rings. The van der Waals surface area contributed by atoms with E-state index in [9.17, 15) is 13.2 Å². The van der Waals surface area contributed by atoms with Gasteiger partial charge in [-0.1, -0.05) is 6.92 Å². The summed E-state index contributed by atoms with van der Waals surface area (Å²) in [4.78, 5) is 10.9.